The smallest absolute Gasteiger partial charge is 0.380 e. The molecule has 3 unspecified atom stereocenters. The lowest BCUT2D eigenvalue weighted by Gasteiger charge is -2.45. The summed E-state index contributed by atoms with van der Waals surface area (Å²) in [7, 11) is 1.16. The van der Waals surface area contributed by atoms with Crippen molar-refractivity contribution in [2.24, 2.45) is 11.3 Å². The first-order valence-electron chi connectivity index (χ1n) is 12.1. The number of aromatic nitrogens is 1. The molecule has 1 saturated heterocycles. The van der Waals surface area contributed by atoms with Gasteiger partial charge in [-0.1, -0.05) is 32.1 Å². The quantitative estimate of drug-likeness (QED) is 0.471. The number of nitrogens with one attached hydrogen (secondary N) is 1. The maximum atomic E-state index is 15.4. The molecule has 1 aliphatic carbocycles. The van der Waals surface area contributed by atoms with Gasteiger partial charge in [-0.25, -0.2) is 4.39 Å². The zero-order chi connectivity index (χ0) is 26.4. The fraction of sp³-hybridized carbons (Fsp3) is 0.519. The highest BCUT2D eigenvalue weighted by Gasteiger charge is 2.58. The van der Waals surface area contributed by atoms with E-state index in [1.807, 2.05) is 0 Å². The Bertz CT molecular complexity index is 1180. The topological polar surface area (TPSA) is 65.6 Å². The molecule has 1 aromatic carbocycles. The highest BCUT2D eigenvalue weighted by atomic mass is 19.4. The molecule has 2 heterocycles. The van der Waals surface area contributed by atoms with Crippen LogP contribution >= 0.6 is 0 Å². The molecule has 0 saturated carbocycles. The number of H-pyrrole nitrogens is 1. The molecule has 196 valence electrons. The minimum Gasteiger partial charge on any atom is -0.380 e. The van der Waals surface area contributed by atoms with Gasteiger partial charge in [0.05, 0.1) is 0 Å². The second-order valence-corrected chi connectivity index (χ2v) is 10.6. The van der Waals surface area contributed by atoms with Crippen LogP contribution < -0.4 is 0 Å². The molecular weight excluding hydrogens is 476 g/mol. The van der Waals surface area contributed by atoms with Crippen molar-refractivity contribution in [2.45, 2.75) is 57.2 Å². The average molecular weight is 509 g/mol. The molecular formula is C27H32F4N2O3. The number of carbonyl (C=O) groups is 1. The molecule has 1 amide bonds. The summed E-state index contributed by atoms with van der Waals surface area (Å²) >= 11 is 0. The van der Waals surface area contributed by atoms with Crippen molar-refractivity contribution in [3.8, 4) is 0 Å². The van der Waals surface area contributed by atoms with Gasteiger partial charge in [-0.15, -0.1) is 0 Å². The molecule has 0 spiro atoms. The minimum absolute atomic E-state index is 0.104. The molecule has 1 fully saturated rings. The number of hydrogen-bond acceptors (Lipinski definition) is 3. The number of rotatable bonds is 7. The third-order valence-electron chi connectivity index (χ3n) is 7.39. The Hall–Kier alpha value is -2.65. The first-order chi connectivity index (χ1) is 16.8. The lowest BCUT2D eigenvalue weighted by molar-refractivity contribution is -0.274. The van der Waals surface area contributed by atoms with Gasteiger partial charge in [-0.05, 0) is 55.0 Å². The number of alkyl halides is 4. The SMILES string of the molecule is COC1(F)C=CC=CC1C(C)(C)CC(O)(Cc1cc2cc(C(=O)N3CCCC3)ccc2[nH]1)C(F)(F)F. The number of amides is 1. The standard InChI is InChI=1S/C27H32F4N2O3/c1-24(2,22-8-4-5-11-26(22,28)36-3)17-25(35,27(29,30)31)16-20-15-19-14-18(9-10-21(19)32-20)23(34)33-12-6-7-13-33/h4-5,8-11,14-15,22,32,35H,6-7,12-13,16-17H2,1-3H3. The van der Waals surface area contributed by atoms with Crippen LogP contribution in [0.1, 0.15) is 49.2 Å². The van der Waals surface area contributed by atoms with Crippen LogP contribution in [0.5, 0.6) is 0 Å². The maximum Gasteiger partial charge on any atom is 0.417 e. The maximum absolute atomic E-state index is 15.4. The van der Waals surface area contributed by atoms with E-state index >= 15 is 4.39 Å². The lowest BCUT2D eigenvalue weighted by Crippen LogP contribution is -2.53. The van der Waals surface area contributed by atoms with Gasteiger partial charge >= 0.3 is 6.18 Å². The summed E-state index contributed by atoms with van der Waals surface area (Å²) in [5.74, 6) is -3.44. The molecule has 1 aromatic heterocycles. The Morgan fingerprint density at radius 3 is 2.53 bits per heavy atom. The summed E-state index contributed by atoms with van der Waals surface area (Å²) in [5.41, 5.74) is -3.25. The van der Waals surface area contributed by atoms with Crippen LogP contribution in [0.15, 0.2) is 48.6 Å². The van der Waals surface area contributed by atoms with Gasteiger partial charge in [0.1, 0.15) is 0 Å². The number of carbonyl (C=O) groups excluding carboxylic acids is 1. The summed E-state index contributed by atoms with van der Waals surface area (Å²) < 4.78 is 63.2. The number of likely N-dealkylation sites (tertiary alicyclic amines) is 1. The molecule has 0 bridgehead atoms. The zero-order valence-electron chi connectivity index (χ0n) is 20.7. The highest BCUT2D eigenvalue weighted by molar-refractivity contribution is 5.98. The van der Waals surface area contributed by atoms with Crippen LogP contribution in [0.3, 0.4) is 0 Å². The molecule has 9 heteroatoms. The van der Waals surface area contributed by atoms with E-state index in [9.17, 15) is 23.1 Å². The van der Waals surface area contributed by atoms with Gasteiger partial charge in [-0.2, -0.15) is 13.2 Å². The third-order valence-corrected chi connectivity index (χ3v) is 7.39. The number of aliphatic hydroxyl groups is 1. The molecule has 4 rings (SSSR count). The third kappa shape index (κ3) is 4.95. The van der Waals surface area contributed by atoms with Gasteiger partial charge in [0.25, 0.3) is 5.91 Å². The van der Waals surface area contributed by atoms with E-state index in [4.69, 9.17) is 4.74 Å². The van der Waals surface area contributed by atoms with E-state index in [-0.39, 0.29) is 11.6 Å². The monoisotopic (exact) mass is 508 g/mol. The van der Waals surface area contributed by atoms with Gasteiger partial charge in [0.2, 0.25) is 5.85 Å². The Morgan fingerprint density at radius 1 is 1.19 bits per heavy atom. The van der Waals surface area contributed by atoms with E-state index in [0.29, 0.717) is 29.6 Å². The lowest BCUT2D eigenvalue weighted by atomic mass is 9.66. The Morgan fingerprint density at radius 2 is 1.89 bits per heavy atom. The second-order valence-electron chi connectivity index (χ2n) is 10.6. The fourth-order valence-corrected chi connectivity index (χ4v) is 5.55. The van der Waals surface area contributed by atoms with Crippen molar-refractivity contribution in [1.29, 1.82) is 0 Å². The largest absolute Gasteiger partial charge is 0.417 e. The number of hydrogen-bond donors (Lipinski definition) is 2. The fourth-order valence-electron chi connectivity index (χ4n) is 5.55. The van der Waals surface area contributed by atoms with Crippen LogP contribution in [0.4, 0.5) is 17.6 Å². The summed E-state index contributed by atoms with van der Waals surface area (Å²) in [6.45, 7) is 4.37. The van der Waals surface area contributed by atoms with Crippen LogP contribution in [-0.4, -0.2) is 58.7 Å². The highest BCUT2D eigenvalue weighted by Crippen LogP contribution is 2.50. The van der Waals surface area contributed by atoms with Gasteiger partial charge < -0.3 is 19.7 Å². The first-order valence-corrected chi connectivity index (χ1v) is 12.1. The van der Waals surface area contributed by atoms with E-state index in [1.54, 1.807) is 29.2 Å². The second kappa shape index (κ2) is 9.34. The number of benzene rings is 1. The van der Waals surface area contributed by atoms with E-state index in [0.717, 1.165) is 20.0 Å². The van der Waals surface area contributed by atoms with Crippen molar-refractivity contribution in [3.63, 3.8) is 0 Å². The summed E-state index contributed by atoms with van der Waals surface area (Å²) in [6.07, 6.45) is 1.09. The number of fused-ring (bicyclic) bond motifs is 1. The van der Waals surface area contributed by atoms with Gasteiger partial charge in [0.15, 0.2) is 5.60 Å². The van der Waals surface area contributed by atoms with Gasteiger partial charge in [-0.3, -0.25) is 4.79 Å². The van der Waals surface area contributed by atoms with Crippen molar-refractivity contribution in [1.82, 2.24) is 9.88 Å². The molecule has 0 radical (unpaired) electrons. The molecule has 2 aliphatic rings. The van der Waals surface area contributed by atoms with Crippen LogP contribution in [0.25, 0.3) is 10.9 Å². The van der Waals surface area contributed by atoms with E-state index in [1.165, 1.54) is 38.1 Å². The number of ether oxygens (including phenoxy) is 1. The number of methoxy groups -OCH3 is 1. The van der Waals surface area contributed by atoms with Crippen molar-refractivity contribution in [3.05, 3.63) is 59.8 Å². The van der Waals surface area contributed by atoms with Crippen LogP contribution in [-0.2, 0) is 11.2 Å². The average Bonchev–Trinajstić information content (AvgIpc) is 3.46. The van der Waals surface area contributed by atoms with Crippen molar-refractivity contribution < 1.29 is 32.2 Å². The van der Waals surface area contributed by atoms with Gasteiger partial charge in [0, 0.05) is 54.7 Å². The normalized spacial score (nSPS) is 24.4. The summed E-state index contributed by atoms with van der Waals surface area (Å²) in [5, 5.41) is 11.6. The van der Waals surface area contributed by atoms with Crippen LogP contribution in [0, 0.1) is 11.3 Å². The molecule has 2 aromatic rings. The van der Waals surface area contributed by atoms with Crippen molar-refractivity contribution >= 4 is 16.8 Å². The van der Waals surface area contributed by atoms with Crippen molar-refractivity contribution in [2.75, 3.05) is 20.2 Å². The molecule has 36 heavy (non-hydrogen) atoms. The molecule has 3 atom stereocenters. The summed E-state index contributed by atoms with van der Waals surface area (Å²) in [4.78, 5) is 17.4. The number of nitrogens with zero attached hydrogens (tertiary/aromatic N) is 1. The molecule has 2 N–H and O–H groups in total. The Labute approximate surface area is 207 Å². The van der Waals surface area contributed by atoms with E-state index in [2.05, 4.69) is 4.98 Å². The predicted octanol–water partition coefficient (Wildman–Crippen LogP) is 5.71. The molecule has 1 aliphatic heterocycles. The summed E-state index contributed by atoms with van der Waals surface area (Å²) in [6, 6.07) is 6.49. The zero-order valence-corrected chi connectivity index (χ0v) is 20.7. The number of aromatic amines is 1. The molecule has 5 nitrogen and oxygen atoms in total. The minimum atomic E-state index is -4.97. The Kier molecular flexibility index (Phi) is 6.85. The predicted molar refractivity (Wildman–Crippen MR) is 129 cm³/mol. The van der Waals surface area contributed by atoms with Crippen LogP contribution in [0.2, 0.25) is 0 Å². The number of halogens is 4. The van der Waals surface area contributed by atoms with E-state index < -0.39 is 41.8 Å². The Balaban J connectivity index is 1.61. The first kappa shape index (κ1) is 26.4. The number of allylic oxidation sites excluding steroid dienone is 2.